The molecule has 4 nitrogen and oxygen atoms in total. The van der Waals surface area contributed by atoms with Gasteiger partial charge < -0.3 is 14.8 Å². The molecule has 1 fully saturated rings. The van der Waals surface area contributed by atoms with Crippen LogP contribution in [0.1, 0.15) is 40.3 Å². The molecule has 0 amide bonds. The van der Waals surface area contributed by atoms with E-state index in [2.05, 4.69) is 10.3 Å². The third-order valence-electron chi connectivity index (χ3n) is 6.43. The van der Waals surface area contributed by atoms with Crippen molar-refractivity contribution in [1.29, 1.82) is 0 Å². The van der Waals surface area contributed by atoms with E-state index in [1.165, 1.54) is 12.1 Å². The number of hydrogen-bond donors (Lipinski definition) is 1. The minimum absolute atomic E-state index is 0.308. The fourth-order valence-corrected chi connectivity index (χ4v) is 5.22. The van der Waals surface area contributed by atoms with Crippen molar-refractivity contribution in [3.63, 3.8) is 0 Å². The molecule has 0 bridgehead atoms. The first kappa shape index (κ1) is 24.0. The third kappa shape index (κ3) is 4.13. The van der Waals surface area contributed by atoms with Gasteiger partial charge in [-0.05, 0) is 80.2 Å². The van der Waals surface area contributed by atoms with E-state index in [0.717, 1.165) is 29.1 Å². The second kappa shape index (κ2) is 9.05. The molecule has 4 aromatic rings. The Morgan fingerprint density at radius 1 is 0.944 bits per heavy atom. The second-order valence-electron chi connectivity index (χ2n) is 8.66. The topological polar surface area (TPSA) is 33.1 Å². The summed E-state index contributed by atoms with van der Waals surface area (Å²) in [5, 5.41) is 3.63. The molecule has 3 heterocycles. The number of benzene rings is 2. The summed E-state index contributed by atoms with van der Waals surface area (Å²) in [5.74, 6) is -0.431. The highest BCUT2D eigenvalue weighted by molar-refractivity contribution is 7.80. The molecular weight excluding hydrogens is 488 g/mol. The summed E-state index contributed by atoms with van der Waals surface area (Å²) in [6.45, 7) is 3.68. The molecule has 5 rings (SSSR count). The summed E-state index contributed by atoms with van der Waals surface area (Å²) in [6, 6.07) is 18.1. The van der Waals surface area contributed by atoms with Gasteiger partial charge in [-0.3, -0.25) is 4.98 Å². The van der Waals surface area contributed by atoms with Crippen LogP contribution in [0.15, 0.2) is 79.0 Å². The Bertz CT molecular complexity index is 1430. The predicted molar refractivity (Wildman–Crippen MR) is 135 cm³/mol. The van der Waals surface area contributed by atoms with E-state index in [-0.39, 0.29) is 0 Å². The largest absolute Gasteiger partial charge is 0.416 e. The Balaban J connectivity index is 1.69. The van der Waals surface area contributed by atoms with Gasteiger partial charge in [0.25, 0.3) is 0 Å². The number of para-hydroxylation sites is 1. The lowest BCUT2D eigenvalue weighted by Gasteiger charge is -2.28. The average Bonchev–Trinajstić information content (AvgIpc) is 3.34. The van der Waals surface area contributed by atoms with Gasteiger partial charge in [0, 0.05) is 23.3 Å². The van der Waals surface area contributed by atoms with Crippen molar-refractivity contribution in [2.75, 3.05) is 4.90 Å². The summed E-state index contributed by atoms with van der Waals surface area (Å²) in [5.41, 5.74) is 2.97. The molecule has 1 aliphatic rings. The molecule has 36 heavy (non-hydrogen) atoms. The van der Waals surface area contributed by atoms with Gasteiger partial charge in [-0.15, -0.1) is 0 Å². The van der Waals surface area contributed by atoms with Gasteiger partial charge >= 0.3 is 6.18 Å². The van der Waals surface area contributed by atoms with Crippen molar-refractivity contribution in [3.05, 3.63) is 113 Å². The summed E-state index contributed by atoms with van der Waals surface area (Å²) in [4.78, 5) is 6.23. The van der Waals surface area contributed by atoms with Gasteiger partial charge in [0.05, 0.1) is 29.0 Å². The fraction of sp³-hybridized carbons (Fsp3) is 0.185. The first-order chi connectivity index (χ1) is 17.2. The van der Waals surface area contributed by atoms with E-state index < -0.39 is 29.6 Å². The van der Waals surface area contributed by atoms with Crippen LogP contribution in [0.2, 0.25) is 0 Å². The number of rotatable bonds is 4. The van der Waals surface area contributed by atoms with E-state index in [0.29, 0.717) is 22.2 Å². The van der Waals surface area contributed by atoms with Crippen molar-refractivity contribution in [1.82, 2.24) is 14.9 Å². The second-order valence-corrected chi connectivity index (χ2v) is 9.04. The highest BCUT2D eigenvalue weighted by atomic mass is 32.1. The lowest BCUT2D eigenvalue weighted by Crippen LogP contribution is -2.30. The van der Waals surface area contributed by atoms with Crippen molar-refractivity contribution >= 4 is 23.0 Å². The molecule has 1 saturated heterocycles. The number of thiocarbonyl (C=S) groups is 1. The van der Waals surface area contributed by atoms with E-state index in [9.17, 15) is 17.6 Å². The van der Waals surface area contributed by atoms with Gasteiger partial charge in [-0.2, -0.15) is 13.2 Å². The molecule has 184 valence electrons. The molecule has 2 atom stereocenters. The molecule has 0 radical (unpaired) electrons. The fourth-order valence-electron chi connectivity index (χ4n) is 4.88. The first-order valence-electron chi connectivity index (χ1n) is 11.3. The Kier molecular flexibility index (Phi) is 6.04. The quantitative estimate of drug-likeness (QED) is 0.241. The standard InChI is InChI=1S/C27H22F4N4S/c1-16-14-20(17(2)34(16)19-9-7-8-18(15-19)27(29,30)31)25-24(22-11-5-6-13-32-22)33-26(36)35(25)23-12-4-3-10-21(23)28/h3-15,24-25H,1-2H3,(H,33,36)/t24-,25-/m0/s1. The third-order valence-corrected chi connectivity index (χ3v) is 6.75. The number of nitrogens with zero attached hydrogens (tertiary/aromatic N) is 3. The maximum absolute atomic E-state index is 15.0. The Labute approximate surface area is 211 Å². The van der Waals surface area contributed by atoms with Crippen LogP contribution in [0.5, 0.6) is 0 Å². The zero-order chi connectivity index (χ0) is 25.6. The van der Waals surface area contributed by atoms with E-state index in [4.69, 9.17) is 12.2 Å². The van der Waals surface area contributed by atoms with E-state index >= 15 is 0 Å². The number of nitrogens with one attached hydrogen (secondary N) is 1. The molecule has 2 aromatic heterocycles. The van der Waals surface area contributed by atoms with Crippen molar-refractivity contribution in [3.8, 4) is 5.69 Å². The van der Waals surface area contributed by atoms with Gasteiger partial charge in [0.1, 0.15) is 5.82 Å². The molecule has 0 spiro atoms. The SMILES string of the molecule is Cc1cc([C@H]2[C@H](c3ccccn3)NC(=S)N2c2ccccc2F)c(C)n1-c1cccc(C(F)(F)F)c1. The lowest BCUT2D eigenvalue weighted by molar-refractivity contribution is -0.137. The van der Waals surface area contributed by atoms with Crippen LogP contribution in [0.25, 0.3) is 5.69 Å². The number of aromatic nitrogens is 2. The van der Waals surface area contributed by atoms with Crippen LogP contribution in [0, 0.1) is 19.7 Å². The van der Waals surface area contributed by atoms with Gasteiger partial charge in [-0.1, -0.05) is 24.3 Å². The van der Waals surface area contributed by atoms with Gasteiger partial charge in [-0.25, -0.2) is 4.39 Å². The van der Waals surface area contributed by atoms with Crippen LogP contribution in [-0.2, 0) is 6.18 Å². The maximum atomic E-state index is 15.0. The number of pyridine rings is 1. The first-order valence-corrected chi connectivity index (χ1v) is 11.7. The van der Waals surface area contributed by atoms with Crippen LogP contribution < -0.4 is 10.2 Å². The summed E-state index contributed by atoms with van der Waals surface area (Å²) < 4.78 is 57.0. The highest BCUT2D eigenvalue weighted by Crippen LogP contribution is 2.44. The number of aryl methyl sites for hydroxylation is 1. The smallest absolute Gasteiger partial charge is 0.351 e. The molecule has 0 aliphatic carbocycles. The van der Waals surface area contributed by atoms with Crippen molar-refractivity contribution < 1.29 is 17.6 Å². The molecule has 2 aromatic carbocycles. The van der Waals surface area contributed by atoms with Crippen molar-refractivity contribution in [2.24, 2.45) is 0 Å². The van der Waals surface area contributed by atoms with Gasteiger partial charge in [0.2, 0.25) is 0 Å². The maximum Gasteiger partial charge on any atom is 0.416 e. The monoisotopic (exact) mass is 510 g/mol. The Morgan fingerprint density at radius 3 is 2.39 bits per heavy atom. The molecule has 1 aliphatic heterocycles. The predicted octanol–water partition coefficient (Wildman–Crippen LogP) is 6.82. The lowest BCUT2D eigenvalue weighted by atomic mass is 9.96. The molecule has 1 N–H and O–H groups in total. The zero-order valence-electron chi connectivity index (χ0n) is 19.4. The minimum atomic E-state index is -4.46. The number of hydrogen-bond acceptors (Lipinski definition) is 2. The summed E-state index contributed by atoms with van der Waals surface area (Å²) in [7, 11) is 0. The Morgan fingerprint density at radius 2 is 1.69 bits per heavy atom. The van der Waals surface area contributed by atoms with Crippen LogP contribution in [0.4, 0.5) is 23.2 Å². The zero-order valence-corrected chi connectivity index (χ0v) is 20.2. The average molecular weight is 511 g/mol. The molecule has 0 saturated carbocycles. The van der Waals surface area contributed by atoms with Crippen LogP contribution >= 0.6 is 12.2 Å². The van der Waals surface area contributed by atoms with Crippen LogP contribution in [-0.4, -0.2) is 14.7 Å². The number of anilines is 1. The van der Waals surface area contributed by atoms with E-state index in [1.807, 2.05) is 32.0 Å². The highest BCUT2D eigenvalue weighted by Gasteiger charge is 2.43. The molecule has 0 unspecified atom stereocenters. The normalized spacial score (nSPS) is 17.9. The summed E-state index contributed by atoms with van der Waals surface area (Å²) in [6.07, 6.45) is -2.78. The number of halogens is 4. The number of alkyl halides is 3. The minimum Gasteiger partial charge on any atom is -0.351 e. The molecule has 9 heteroatoms. The Hall–Kier alpha value is -3.72. The van der Waals surface area contributed by atoms with Gasteiger partial charge in [0.15, 0.2) is 5.11 Å². The summed E-state index contributed by atoms with van der Waals surface area (Å²) >= 11 is 5.66. The van der Waals surface area contributed by atoms with Crippen LogP contribution in [0.3, 0.4) is 0 Å². The van der Waals surface area contributed by atoms with E-state index in [1.54, 1.807) is 46.0 Å². The molecular formula is C27H22F4N4S. The van der Waals surface area contributed by atoms with Crippen molar-refractivity contribution in [2.45, 2.75) is 32.1 Å².